The van der Waals surface area contributed by atoms with Crippen LogP contribution in [0, 0.1) is 19.7 Å². The van der Waals surface area contributed by atoms with Gasteiger partial charge in [-0.2, -0.15) is 13.2 Å². The molecule has 0 aliphatic rings. The molecule has 1 heterocycles. The van der Waals surface area contributed by atoms with E-state index in [1.165, 1.54) is 13.1 Å². The number of nitrogens with zero attached hydrogens (tertiary/aromatic N) is 3. The van der Waals surface area contributed by atoms with Crippen LogP contribution < -0.4 is 10.6 Å². The first-order chi connectivity index (χ1) is 15.5. The number of hydrogen-bond donors (Lipinski definition) is 1. The third-order valence-electron chi connectivity index (χ3n) is 4.72. The Labute approximate surface area is 191 Å². The van der Waals surface area contributed by atoms with Crippen molar-refractivity contribution in [3.05, 3.63) is 89.5 Å². The minimum atomic E-state index is -4.70. The lowest BCUT2D eigenvalue weighted by Crippen LogP contribution is -2.18. The van der Waals surface area contributed by atoms with Crippen LogP contribution in [0.25, 0.3) is 17.5 Å². The van der Waals surface area contributed by atoms with Crippen molar-refractivity contribution < 1.29 is 17.6 Å². The molecule has 0 aliphatic heterocycles. The van der Waals surface area contributed by atoms with Crippen LogP contribution in [-0.2, 0) is 6.18 Å². The van der Waals surface area contributed by atoms with Gasteiger partial charge in [0.2, 0.25) is 0 Å². The predicted molar refractivity (Wildman–Crippen MR) is 125 cm³/mol. The van der Waals surface area contributed by atoms with Gasteiger partial charge in [0.05, 0.1) is 11.3 Å². The number of allylic oxidation sites excluding steroid dienone is 1. The van der Waals surface area contributed by atoms with Gasteiger partial charge in [-0.05, 0) is 64.2 Å². The number of aryl methyl sites for hydroxylation is 1. The molecule has 0 saturated carbocycles. The minimum Gasteiger partial charge on any atom is -0.333 e. The van der Waals surface area contributed by atoms with E-state index in [1.807, 2.05) is 31.2 Å². The summed E-state index contributed by atoms with van der Waals surface area (Å²) in [6.45, 7) is 13.3. The van der Waals surface area contributed by atoms with Gasteiger partial charge >= 0.3 is 6.18 Å². The quantitative estimate of drug-likeness (QED) is 0.427. The van der Waals surface area contributed by atoms with Crippen molar-refractivity contribution in [3.63, 3.8) is 0 Å². The molecule has 2 aromatic carbocycles. The highest BCUT2D eigenvalue weighted by atomic mass is 19.4. The van der Waals surface area contributed by atoms with E-state index < -0.39 is 17.6 Å². The van der Waals surface area contributed by atoms with E-state index in [1.54, 1.807) is 18.7 Å². The van der Waals surface area contributed by atoms with Gasteiger partial charge < -0.3 is 5.73 Å². The Morgan fingerprint density at radius 1 is 1.03 bits per heavy atom. The molecule has 0 unspecified atom stereocenters. The molecule has 0 atom stereocenters. The zero-order valence-electron chi connectivity index (χ0n) is 19.0. The Kier molecular flexibility index (Phi) is 8.11. The summed E-state index contributed by atoms with van der Waals surface area (Å²) in [5, 5.41) is 0. The van der Waals surface area contributed by atoms with Crippen LogP contribution >= 0.6 is 0 Å². The Balaban J connectivity index is 0.00000187. The Bertz CT molecular complexity index is 1150. The third-order valence-corrected chi connectivity index (χ3v) is 4.72. The van der Waals surface area contributed by atoms with E-state index in [4.69, 9.17) is 0 Å². The van der Waals surface area contributed by atoms with E-state index in [0.717, 1.165) is 23.4 Å². The highest BCUT2D eigenvalue weighted by Gasteiger charge is 2.32. The first-order valence-corrected chi connectivity index (χ1v) is 10.0. The van der Waals surface area contributed by atoms with Crippen LogP contribution in [0.15, 0.2) is 61.3 Å². The molecule has 33 heavy (non-hydrogen) atoms. The van der Waals surface area contributed by atoms with Crippen molar-refractivity contribution >= 4 is 17.6 Å². The molecule has 3 rings (SSSR count). The Morgan fingerprint density at radius 2 is 1.64 bits per heavy atom. The lowest BCUT2D eigenvalue weighted by Gasteiger charge is -2.26. The number of anilines is 2. The van der Waals surface area contributed by atoms with Crippen molar-refractivity contribution in [2.45, 2.75) is 26.9 Å². The van der Waals surface area contributed by atoms with Crippen molar-refractivity contribution in [2.75, 3.05) is 11.9 Å². The summed E-state index contributed by atoms with van der Waals surface area (Å²) >= 11 is 0. The third kappa shape index (κ3) is 5.84. The molecule has 0 aliphatic carbocycles. The lowest BCUT2D eigenvalue weighted by molar-refractivity contribution is -0.137. The maximum atomic E-state index is 14.0. The van der Waals surface area contributed by atoms with E-state index in [-0.39, 0.29) is 11.4 Å². The lowest BCUT2D eigenvalue weighted by atomic mass is 10.1. The zero-order chi connectivity index (χ0) is 24.9. The van der Waals surface area contributed by atoms with Crippen molar-refractivity contribution in [2.24, 2.45) is 5.73 Å². The highest BCUT2D eigenvalue weighted by Crippen LogP contribution is 2.36. The summed E-state index contributed by atoms with van der Waals surface area (Å²) < 4.78 is 53.6. The maximum Gasteiger partial charge on any atom is 0.416 e. The molecule has 4 nitrogen and oxygen atoms in total. The zero-order valence-corrected chi connectivity index (χ0v) is 19.0. The molecule has 0 bridgehead atoms. The number of benzene rings is 2. The Hall–Kier alpha value is -3.52. The topological polar surface area (TPSA) is 55.0 Å². The average Bonchev–Trinajstić information content (AvgIpc) is 2.76. The van der Waals surface area contributed by atoms with Crippen molar-refractivity contribution in [3.8, 4) is 11.4 Å². The van der Waals surface area contributed by atoms with Crippen LogP contribution in [0.3, 0.4) is 0 Å². The summed E-state index contributed by atoms with van der Waals surface area (Å²) in [6, 6.07) is 9.90. The number of nitrogens with two attached hydrogens (primary N) is 1. The van der Waals surface area contributed by atoms with Gasteiger partial charge in [-0.1, -0.05) is 30.9 Å². The normalized spacial score (nSPS) is 10.8. The van der Waals surface area contributed by atoms with Crippen LogP contribution in [0.1, 0.15) is 29.3 Å². The van der Waals surface area contributed by atoms with Gasteiger partial charge in [0.1, 0.15) is 11.6 Å². The molecule has 0 saturated heterocycles. The fourth-order valence-electron chi connectivity index (χ4n) is 3.17. The molecule has 0 fully saturated rings. The number of hydrogen-bond acceptors (Lipinski definition) is 4. The molecule has 3 aromatic rings. The van der Waals surface area contributed by atoms with E-state index in [9.17, 15) is 17.6 Å². The van der Waals surface area contributed by atoms with Gasteiger partial charge in [0, 0.05) is 22.5 Å². The molecule has 1 aromatic heterocycles. The summed E-state index contributed by atoms with van der Waals surface area (Å²) in [5.74, 6) is -0.640. The van der Waals surface area contributed by atoms with Gasteiger partial charge in [-0.25, -0.2) is 14.4 Å². The summed E-state index contributed by atoms with van der Waals surface area (Å²) in [7, 11) is 1.50. The van der Waals surface area contributed by atoms with Crippen LogP contribution in [-0.4, -0.2) is 17.0 Å². The second-order valence-corrected chi connectivity index (χ2v) is 7.22. The van der Waals surface area contributed by atoms with Gasteiger partial charge in [-0.3, -0.25) is 4.90 Å². The number of rotatable bonds is 5. The molecular formula is C25H26F4N4. The molecule has 0 radical (unpaired) electrons. The van der Waals surface area contributed by atoms with Crippen molar-refractivity contribution in [1.82, 2.24) is 9.97 Å². The summed E-state index contributed by atoms with van der Waals surface area (Å²) in [6.07, 6.45) is -3.21. The second-order valence-electron chi connectivity index (χ2n) is 7.22. The van der Waals surface area contributed by atoms with E-state index in [2.05, 4.69) is 28.9 Å². The van der Waals surface area contributed by atoms with E-state index >= 15 is 0 Å². The fraction of sp³-hybridized carbons (Fsp3) is 0.200. The van der Waals surface area contributed by atoms with E-state index in [0.29, 0.717) is 28.8 Å². The molecule has 2 N–H and O–H groups in total. The molecular weight excluding hydrogens is 432 g/mol. The molecule has 8 heteroatoms. The Morgan fingerprint density at radius 3 is 2.15 bits per heavy atom. The maximum absolute atomic E-state index is 14.0. The first kappa shape index (κ1) is 25.7. The van der Waals surface area contributed by atoms with Crippen molar-refractivity contribution in [1.29, 1.82) is 0 Å². The summed E-state index contributed by atoms with van der Waals surface area (Å²) in [4.78, 5) is 10.6. The first-order valence-electron chi connectivity index (χ1n) is 10.0. The highest BCUT2D eigenvalue weighted by molar-refractivity contribution is 5.73. The van der Waals surface area contributed by atoms with Gasteiger partial charge in [0.25, 0.3) is 0 Å². The van der Waals surface area contributed by atoms with Gasteiger partial charge in [0.15, 0.2) is 5.82 Å². The van der Waals surface area contributed by atoms with Gasteiger partial charge in [-0.15, -0.1) is 0 Å². The van der Waals surface area contributed by atoms with Crippen LogP contribution in [0.2, 0.25) is 0 Å². The van der Waals surface area contributed by atoms with Crippen LogP contribution in [0.4, 0.5) is 29.1 Å². The predicted octanol–water partition coefficient (Wildman–Crippen LogP) is 6.81. The minimum absolute atomic E-state index is 0.0427. The smallest absolute Gasteiger partial charge is 0.333 e. The largest absolute Gasteiger partial charge is 0.416 e. The monoisotopic (exact) mass is 458 g/mol. The van der Waals surface area contributed by atoms with Crippen LogP contribution in [0.5, 0.6) is 0 Å². The molecule has 174 valence electrons. The standard InChI is InChI=1S/C24H21F4N3.CH5N/c1-6-21-16(5)23(31(14(2)3)20-9-7-15(4)8-10-20)30-22(29-21)17-11-18(24(26,27)28)13-19(25)12-17;1-2/h6-13H,1-2H2,3-5H3;2H2,1H3. The number of alkyl halides is 3. The summed E-state index contributed by atoms with van der Waals surface area (Å²) in [5.41, 5.74) is 6.88. The average molecular weight is 459 g/mol. The number of halogens is 4. The fourth-order valence-corrected chi connectivity index (χ4v) is 3.17. The SMILES string of the molecule is C=Cc1nc(-c2cc(F)cc(C(F)(F)F)c2)nc(N(C(=C)C)c2ccc(C)cc2)c1C.CN. The molecule has 0 amide bonds. The second kappa shape index (κ2) is 10.4. The number of aromatic nitrogens is 2. The molecule has 0 spiro atoms.